The Labute approximate surface area is 184 Å². The van der Waals surface area contributed by atoms with Crippen molar-refractivity contribution in [3.05, 3.63) is 0 Å². The molecule has 3 fully saturated rings. The number of hydrogen-bond donors (Lipinski definition) is 1. The Bertz CT molecular complexity index is 639. The van der Waals surface area contributed by atoms with Crippen molar-refractivity contribution < 1.29 is 33.3 Å². The van der Waals surface area contributed by atoms with Gasteiger partial charge in [-0.3, -0.25) is 9.59 Å². The molecule has 0 aromatic heterocycles. The lowest BCUT2D eigenvalue weighted by atomic mass is 9.98. The summed E-state index contributed by atoms with van der Waals surface area (Å²) in [6, 6.07) is -1.04. The third-order valence-corrected chi connectivity index (χ3v) is 5.86. The van der Waals surface area contributed by atoms with Crippen LogP contribution < -0.4 is 5.32 Å². The van der Waals surface area contributed by atoms with Gasteiger partial charge in [-0.2, -0.15) is 0 Å². The molecule has 176 valence electrons. The zero-order valence-corrected chi connectivity index (χ0v) is 18.9. The third kappa shape index (κ3) is 7.07. The molecule has 1 aliphatic carbocycles. The first-order valence-corrected chi connectivity index (χ1v) is 11.4. The molecule has 1 spiro atoms. The van der Waals surface area contributed by atoms with Gasteiger partial charge >= 0.3 is 12.1 Å². The lowest BCUT2D eigenvalue weighted by molar-refractivity contribution is -0.188. The normalized spacial score (nSPS) is 22.7. The molecule has 0 unspecified atom stereocenters. The molecule has 0 aromatic rings. The average molecular weight is 441 g/mol. The molecule has 9 heteroatoms. The Hall–Kier alpha value is -1.87. The minimum Gasteiger partial charge on any atom is -0.462 e. The highest BCUT2D eigenvalue weighted by Gasteiger charge is 2.42. The fourth-order valence-corrected chi connectivity index (χ4v) is 4.31. The van der Waals surface area contributed by atoms with Crippen LogP contribution in [0.15, 0.2) is 0 Å². The summed E-state index contributed by atoms with van der Waals surface area (Å²) < 4.78 is 22.3. The van der Waals surface area contributed by atoms with Crippen LogP contribution in [0.3, 0.4) is 0 Å². The summed E-state index contributed by atoms with van der Waals surface area (Å²) in [5, 5.41) is 2.58. The highest BCUT2D eigenvalue weighted by Crippen LogP contribution is 2.31. The molecule has 9 nitrogen and oxygen atoms in total. The molecule has 2 amide bonds. The Kier molecular flexibility index (Phi) is 7.80. The van der Waals surface area contributed by atoms with Crippen LogP contribution in [0.4, 0.5) is 4.79 Å². The molecule has 2 heterocycles. The largest absolute Gasteiger partial charge is 0.462 e. The summed E-state index contributed by atoms with van der Waals surface area (Å²) in [6.07, 6.45) is 4.98. The van der Waals surface area contributed by atoms with E-state index in [0.29, 0.717) is 39.1 Å². The standard InChI is InChI=1S/C22H36N2O7/c1-21(2,3)31-20(27)23-17(15-18(25)30-16-7-5-4-6-8-16)19(26)24-11-9-22(10-12-24)28-13-14-29-22/h16-17H,4-15H2,1-3H3,(H,23,27)/t17-/m0/s1. The lowest BCUT2D eigenvalue weighted by Crippen LogP contribution is -2.55. The number of alkyl carbamates (subject to hydrolysis) is 1. The predicted octanol–water partition coefficient (Wildman–Crippen LogP) is 2.51. The number of rotatable bonds is 5. The predicted molar refractivity (Wildman–Crippen MR) is 111 cm³/mol. The Balaban J connectivity index is 1.60. The SMILES string of the molecule is CC(C)(C)OC(=O)N[C@@H](CC(=O)OC1CCCCC1)C(=O)N1CCC2(CC1)OCCO2. The summed E-state index contributed by atoms with van der Waals surface area (Å²) in [5.74, 6) is -1.40. The topological polar surface area (TPSA) is 103 Å². The van der Waals surface area contributed by atoms with E-state index in [9.17, 15) is 14.4 Å². The van der Waals surface area contributed by atoms with Crippen LogP contribution in [0.5, 0.6) is 0 Å². The Morgan fingerprint density at radius 2 is 1.68 bits per heavy atom. The number of carbonyl (C=O) groups is 3. The van der Waals surface area contributed by atoms with Crippen LogP contribution >= 0.6 is 0 Å². The summed E-state index contributed by atoms with van der Waals surface area (Å²) in [7, 11) is 0. The molecule has 1 atom stereocenters. The van der Waals surface area contributed by atoms with Crippen LogP contribution in [-0.2, 0) is 28.5 Å². The smallest absolute Gasteiger partial charge is 0.408 e. The minimum absolute atomic E-state index is 0.106. The van der Waals surface area contributed by atoms with Crippen LogP contribution in [-0.4, -0.2) is 72.7 Å². The number of ether oxygens (including phenoxy) is 4. The molecule has 1 saturated carbocycles. The van der Waals surface area contributed by atoms with E-state index in [4.69, 9.17) is 18.9 Å². The zero-order chi connectivity index (χ0) is 22.5. The van der Waals surface area contributed by atoms with Crippen molar-refractivity contribution in [2.45, 2.75) is 95.7 Å². The minimum atomic E-state index is -1.04. The van der Waals surface area contributed by atoms with Crippen molar-refractivity contribution in [3.63, 3.8) is 0 Å². The second-order valence-corrected chi connectivity index (χ2v) is 9.59. The molecule has 31 heavy (non-hydrogen) atoms. The fraction of sp³-hybridized carbons (Fsp3) is 0.864. The molecule has 1 N–H and O–H groups in total. The van der Waals surface area contributed by atoms with Gasteiger partial charge < -0.3 is 29.2 Å². The van der Waals surface area contributed by atoms with Gasteiger partial charge in [-0.15, -0.1) is 0 Å². The van der Waals surface area contributed by atoms with Crippen LogP contribution in [0.2, 0.25) is 0 Å². The quantitative estimate of drug-likeness (QED) is 0.655. The maximum absolute atomic E-state index is 13.2. The van der Waals surface area contributed by atoms with Crippen molar-refractivity contribution in [1.29, 1.82) is 0 Å². The van der Waals surface area contributed by atoms with Crippen LogP contribution in [0.25, 0.3) is 0 Å². The number of nitrogens with zero attached hydrogens (tertiary/aromatic N) is 1. The fourth-order valence-electron chi connectivity index (χ4n) is 4.31. The first kappa shape index (κ1) is 23.8. The number of likely N-dealkylation sites (tertiary alicyclic amines) is 1. The van der Waals surface area contributed by atoms with E-state index in [1.54, 1.807) is 25.7 Å². The van der Waals surface area contributed by atoms with Gasteiger partial charge in [-0.05, 0) is 46.5 Å². The number of hydrogen-bond acceptors (Lipinski definition) is 7. The van der Waals surface area contributed by atoms with Crippen molar-refractivity contribution >= 4 is 18.0 Å². The maximum atomic E-state index is 13.2. The van der Waals surface area contributed by atoms with E-state index < -0.39 is 29.5 Å². The van der Waals surface area contributed by atoms with Gasteiger partial charge in [0.25, 0.3) is 0 Å². The second-order valence-electron chi connectivity index (χ2n) is 9.59. The van der Waals surface area contributed by atoms with Crippen molar-refractivity contribution in [1.82, 2.24) is 10.2 Å². The van der Waals surface area contributed by atoms with Gasteiger partial charge in [-0.25, -0.2) is 4.79 Å². The Morgan fingerprint density at radius 3 is 2.26 bits per heavy atom. The lowest BCUT2D eigenvalue weighted by Gasteiger charge is -2.38. The summed E-state index contributed by atoms with van der Waals surface area (Å²) in [6.45, 7) is 7.21. The van der Waals surface area contributed by atoms with E-state index in [0.717, 1.165) is 32.1 Å². The van der Waals surface area contributed by atoms with Gasteiger partial charge in [0.05, 0.1) is 19.6 Å². The third-order valence-electron chi connectivity index (χ3n) is 5.86. The number of nitrogens with one attached hydrogen (secondary N) is 1. The maximum Gasteiger partial charge on any atom is 0.408 e. The summed E-state index contributed by atoms with van der Waals surface area (Å²) >= 11 is 0. The molecule has 0 radical (unpaired) electrons. The van der Waals surface area contributed by atoms with E-state index in [1.807, 2.05) is 0 Å². The first-order valence-electron chi connectivity index (χ1n) is 11.4. The molecular weight excluding hydrogens is 404 g/mol. The number of amides is 2. The first-order chi connectivity index (χ1) is 14.7. The molecule has 3 aliphatic rings. The molecule has 0 aromatic carbocycles. The number of carbonyl (C=O) groups excluding carboxylic acids is 3. The zero-order valence-electron chi connectivity index (χ0n) is 18.9. The van der Waals surface area contributed by atoms with Gasteiger partial charge in [0.1, 0.15) is 17.7 Å². The number of esters is 1. The van der Waals surface area contributed by atoms with Crippen molar-refractivity contribution in [2.24, 2.45) is 0 Å². The van der Waals surface area contributed by atoms with Crippen molar-refractivity contribution in [2.75, 3.05) is 26.3 Å². The summed E-state index contributed by atoms with van der Waals surface area (Å²) in [4.78, 5) is 39.7. The van der Waals surface area contributed by atoms with Crippen LogP contribution in [0, 0.1) is 0 Å². The van der Waals surface area contributed by atoms with E-state index in [-0.39, 0.29) is 18.4 Å². The van der Waals surface area contributed by atoms with E-state index in [1.165, 1.54) is 0 Å². The Morgan fingerprint density at radius 1 is 1.06 bits per heavy atom. The molecule has 2 aliphatic heterocycles. The van der Waals surface area contributed by atoms with E-state index in [2.05, 4.69) is 5.32 Å². The summed E-state index contributed by atoms with van der Waals surface area (Å²) in [5.41, 5.74) is -0.713. The highest BCUT2D eigenvalue weighted by molar-refractivity contribution is 5.89. The van der Waals surface area contributed by atoms with Gasteiger partial charge in [-0.1, -0.05) is 6.42 Å². The van der Waals surface area contributed by atoms with Gasteiger partial charge in [0.15, 0.2) is 5.79 Å². The van der Waals surface area contributed by atoms with E-state index >= 15 is 0 Å². The highest BCUT2D eigenvalue weighted by atomic mass is 16.7. The number of piperidine rings is 1. The average Bonchev–Trinajstić information content (AvgIpc) is 3.15. The molecule has 0 bridgehead atoms. The molecule has 3 rings (SSSR count). The monoisotopic (exact) mass is 440 g/mol. The van der Waals surface area contributed by atoms with Gasteiger partial charge in [0, 0.05) is 25.9 Å². The van der Waals surface area contributed by atoms with Crippen LogP contribution in [0.1, 0.15) is 72.1 Å². The van der Waals surface area contributed by atoms with Crippen molar-refractivity contribution in [3.8, 4) is 0 Å². The molecular formula is C22H36N2O7. The second kappa shape index (κ2) is 10.2. The molecule has 2 saturated heterocycles. The van der Waals surface area contributed by atoms with Gasteiger partial charge in [0.2, 0.25) is 5.91 Å².